The van der Waals surface area contributed by atoms with E-state index in [0.29, 0.717) is 6.61 Å². The molecule has 1 aromatic carbocycles. The fourth-order valence-corrected chi connectivity index (χ4v) is 3.98. The molecule has 0 unspecified atom stereocenters. The number of ether oxygens (including phenoxy) is 2. The van der Waals surface area contributed by atoms with Crippen molar-refractivity contribution in [2.75, 3.05) is 26.3 Å². The number of likely N-dealkylation sites (tertiary alicyclic amines) is 1. The standard InChI is InChI=1S/C19H24N2O3/c1-2-23-16-12-19(24-13-16)6-9-21(10-7-19)18(22)15-3-4-17-14(11-15)5-8-20-17/h3-5,8,11,16,20H,2,6-7,9-10,12-13H2,1H3/t16-/m1/s1. The van der Waals surface area contributed by atoms with E-state index in [9.17, 15) is 4.79 Å². The number of H-pyrrole nitrogens is 1. The van der Waals surface area contributed by atoms with Crippen molar-refractivity contribution >= 4 is 16.8 Å². The van der Waals surface area contributed by atoms with Gasteiger partial charge in [0.2, 0.25) is 0 Å². The van der Waals surface area contributed by atoms with Gasteiger partial charge in [-0.05, 0) is 44.0 Å². The van der Waals surface area contributed by atoms with Gasteiger partial charge in [0.05, 0.1) is 18.3 Å². The van der Waals surface area contributed by atoms with Crippen LogP contribution in [0.4, 0.5) is 0 Å². The Morgan fingerprint density at radius 2 is 2.21 bits per heavy atom. The molecular formula is C19H24N2O3. The molecule has 1 spiro atoms. The van der Waals surface area contributed by atoms with Crippen LogP contribution in [0.25, 0.3) is 10.9 Å². The molecule has 4 rings (SSSR count). The minimum atomic E-state index is -0.0821. The average molecular weight is 328 g/mol. The normalized spacial score (nSPS) is 23.2. The number of piperidine rings is 1. The first-order valence-corrected chi connectivity index (χ1v) is 8.81. The van der Waals surface area contributed by atoms with Crippen LogP contribution in [0.2, 0.25) is 0 Å². The molecule has 0 saturated carbocycles. The van der Waals surface area contributed by atoms with Crippen molar-refractivity contribution in [1.29, 1.82) is 0 Å². The third kappa shape index (κ3) is 2.82. The molecule has 0 aliphatic carbocycles. The van der Waals surface area contributed by atoms with E-state index in [2.05, 4.69) is 4.98 Å². The fraction of sp³-hybridized carbons (Fsp3) is 0.526. The highest BCUT2D eigenvalue weighted by atomic mass is 16.6. The molecule has 2 saturated heterocycles. The monoisotopic (exact) mass is 328 g/mol. The van der Waals surface area contributed by atoms with Crippen LogP contribution in [0.3, 0.4) is 0 Å². The topological polar surface area (TPSA) is 54.6 Å². The maximum atomic E-state index is 12.8. The van der Waals surface area contributed by atoms with E-state index in [-0.39, 0.29) is 17.6 Å². The highest BCUT2D eigenvalue weighted by molar-refractivity contribution is 5.98. The van der Waals surface area contributed by atoms with Crippen LogP contribution in [0.5, 0.6) is 0 Å². The predicted molar refractivity (Wildman–Crippen MR) is 92.2 cm³/mol. The van der Waals surface area contributed by atoms with Gasteiger partial charge < -0.3 is 19.4 Å². The summed E-state index contributed by atoms with van der Waals surface area (Å²) in [4.78, 5) is 17.9. The van der Waals surface area contributed by atoms with E-state index < -0.39 is 0 Å². The van der Waals surface area contributed by atoms with E-state index >= 15 is 0 Å². The number of hydrogen-bond acceptors (Lipinski definition) is 3. The van der Waals surface area contributed by atoms with Crippen molar-refractivity contribution in [2.45, 2.75) is 37.9 Å². The summed E-state index contributed by atoms with van der Waals surface area (Å²) < 4.78 is 11.8. The van der Waals surface area contributed by atoms with Crippen molar-refractivity contribution in [3.8, 4) is 0 Å². The first kappa shape index (κ1) is 15.7. The number of carbonyl (C=O) groups is 1. The van der Waals surface area contributed by atoms with Gasteiger partial charge in [0.15, 0.2) is 0 Å². The molecule has 2 aliphatic heterocycles. The van der Waals surface area contributed by atoms with Crippen LogP contribution in [0, 0.1) is 0 Å². The largest absolute Gasteiger partial charge is 0.376 e. The number of amides is 1. The molecule has 1 amide bonds. The fourth-order valence-electron chi connectivity index (χ4n) is 3.98. The Hall–Kier alpha value is -1.85. The molecule has 0 radical (unpaired) electrons. The smallest absolute Gasteiger partial charge is 0.253 e. The van der Waals surface area contributed by atoms with Crippen LogP contribution in [0.15, 0.2) is 30.5 Å². The van der Waals surface area contributed by atoms with Gasteiger partial charge in [0.25, 0.3) is 5.91 Å². The molecule has 2 fully saturated rings. The van der Waals surface area contributed by atoms with Gasteiger partial charge in [-0.2, -0.15) is 0 Å². The van der Waals surface area contributed by atoms with Crippen LogP contribution in [-0.4, -0.2) is 53.8 Å². The lowest BCUT2D eigenvalue weighted by atomic mass is 9.87. The molecule has 1 aromatic heterocycles. The molecule has 5 heteroatoms. The van der Waals surface area contributed by atoms with Crippen molar-refractivity contribution < 1.29 is 14.3 Å². The zero-order chi connectivity index (χ0) is 16.6. The molecule has 1 N–H and O–H groups in total. The van der Waals surface area contributed by atoms with E-state index in [0.717, 1.165) is 55.4 Å². The number of nitrogens with one attached hydrogen (secondary N) is 1. The zero-order valence-corrected chi connectivity index (χ0v) is 14.1. The van der Waals surface area contributed by atoms with Crippen molar-refractivity contribution in [1.82, 2.24) is 9.88 Å². The minimum absolute atomic E-state index is 0.0821. The van der Waals surface area contributed by atoms with Gasteiger partial charge in [-0.25, -0.2) is 0 Å². The van der Waals surface area contributed by atoms with Gasteiger partial charge in [-0.15, -0.1) is 0 Å². The predicted octanol–water partition coefficient (Wildman–Crippen LogP) is 2.97. The lowest BCUT2D eigenvalue weighted by Crippen LogP contribution is -2.46. The van der Waals surface area contributed by atoms with E-state index in [1.54, 1.807) is 0 Å². The number of benzene rings is 1. The first-order valence-electron chi connectivity index (χ1n) is 8.81. The molecule has 128 valence electrons. The van der Waals surface area contributed by atoms with Gasteiger partial charge in [-0.3, -0.25) is 4.79 Å². The van der Waals surface area contributed by atoms with E-state index in [4.69, 9.17) is 9.47 Å². The van der Waals surface area contributed by atoms with Crippen molar-refractivity contribution in [3.05, 3.63) is 36.0 Å². The highest BCUT2D eigenvalue weighted by Gasteiger charge is 2.43. The minimum Gasteiger partial charge on any atom is -0.376 e. The van der Waals surface area contributed by atoms with Crippen molar-refractivity contribution in [3.63, 3.8) is 0 Å². The summed E-state index contributed by atoms with van der Waals surface area (Å²) in [6.45, 7) is 4.95. The van der Waals surface area contributed by atoms with Gasteiger partial charge >= 0.3 is 0 Å². The van der Waals surface area contributed by atoms with E-state index in [1.807, 2.05) is 42.3 Å². The van der Waals surface area contributed by atoms with Crippen LogP contribution in [0.1, 0.15) is 36.5 Å². The average Bonchev–Trinajstić information content (AvgIpc) is 3.22. The number of hydrogen-bond donors (Lipinski definition) is 1. The summed E-state index contributed by atoms with van der Waals surface area (Å²) in [5, 5.41) is 1.08. The van der Waals surface area contributed by atoms with Crippen LogP contribution < -0.4 is 0 Å². The van der Waals surface area contributed by atoms with Gasteiger partial charge in [0.1, 0.15) is 0 Å². The second-order valence-corrected chi connectivity index (χ2v) is 6.85. The van der Waals surface area contributed by atoms with Crippen molar-refractivity contribution in [2.24, 2.45) is 0 Å². The molecule has 2 aliphatic rings. The molecule has 5 nitrogen and oxygen atoms in total. The molecular weight excluding hydrogens is 304 g/mol. The Bertz CT molecular complexity index is 731. The number of fused-ring (bicyclic) bond motifs is 1. The van der Waals surface area contributed by atoms with Crippen LogP contribution >= 0.6 is 0 Å². The Kier molecular flexibility index (Phi) is 4.06. The van der Waals surface area contributed by atoms with E-state index in [1.165, 1.54) is 0 Å². The molecule has 3 heterocycles. The summed E-state index contributed by atoms with van der Waals surface area (Å²) in [5.41, 5.74) is 1.74. The van der Waals surface area contributed by atoms with Gasteiger partial charge in [0, 0.05) is 48.8 Å². The third-order valence-electron chi connectivity index (χ3n) is 5.34. The molecule has 1 atom stereocenters. The third-order valence-corrected chi connectivity index (χ3v) is 5.34. The highest BCUT2D eigenvalue weighted by Crippen LogP contribution is 2.37. The maximum Gasteiger partial charge on any atom is 0.253 e. The zero-order valence-electron chi connectivity index (χ0n) is 14.1. The Labute approximate surface area is 141 Å². The summed E-state index contributed by atoms with van der Waals surface area (Å²) in [5.74, 6) is 0.118. The lowest BCUT2D eigenvalue weighted by Gasteiger charge is -2.38. The molecule has 2 aromatic rings. The number of rotatable bonds is 3. The number of aromatic amines is 1. The molecule has 0 bridgehead atoms. The second-order valence-electron chi connectivity index (χ2n) is 6.85. The first-order chi connectivity index (χ1) is 11.7. The summed E-state index contributed by atoms with van der Waals surface area (Å²) >= 11 is 0. The lowest BCUT2D eigenvalue weighted by molar-refractivity contribution is -0.0407. The second kappa shape index (κ2) is 6.22. The SMILES string of the molecule is CCO[C@H]1COC2(CCN(C(=O)c3ccc4[nH]ccc4c3)CC2)C1. The summed E-state index contributed by atoms with van der Waals surface area (Å²) in [7, 11) is 0. The molecule has 24 heavy (non-hydrogen) atoms. The Morgan fingerprint density at radius 3 is 3.00 bits per heavy atom. The quantitative estimate of drug-likeness (QED) is 0.942. The van der Waals surface area contributed by atoms with Gasteiger partial charge in [-0.1, -0.05) is 0 Å². The Morgan fingerprint density at radius 1 is 1.38 bits per heavy atom. The summed E-state index contributed by atoms with van der Waals surface area (Å²) in [6, 6.07) is 7.84. The number of carbonyl (C=O) groups excluding carboxylic acids is 1. The van der Waals surface area contributed by atoms with Crippen LogP contribution in [-0.2, 0) is 9.47 Å². The number of nitrogens with zero attached hydrogens (tertiary/aromatic N) is 1. The Balaban J connectivity index is 1.41. The number of aromatic nitrogens is 1. The summed E-state index contributed by atoms with van der Waals surface area (Å²) in [6.07, 6.45) is 4.87. The maximum absolute atomic E-state index is 12.8.